The van der Waals surface area contributed by atoms with Crippen molar-refractivity contribution in [1.29, 1.82) is 0 Å². The lowest BCUT2D eigenvalue weighted by Crippen LogP contribution is -2.34. The van der Waals surface area contributed by atoms with Crippen LogP contribution in [0.25, 0.3) is 0 Å². The van der Waals surface area contributed by atoms with Crippen LogP contribution in [-0.2, 0) is 0 Å². The van der Waals surface area contributed by atoms with Crippen LogP contribution in [0.4, 0.5) is 4.39 Å². The lowest BCUT2D eigenvalue weighted by molar-refractivity contribution is 0.160. The lowest BCUT2D eigenvalue weighted by Gasteiger charge is -2.31. The number of nitrogens with zero attached hydrogens (tertiary/aromatic N) is 1. The molecule has 0 spiro atoms. The minimum atomic E-state index is -0.261. The number of ether oxygens (including phenoxy) is 1. The quantitative estimate of drug-likeness (QED) is 0.628. The van der Waals surface area contributed by atoms with Gasteiger partial charge in [0.05, 0.1) is 6.61 Å². The molecule has 2 rings (SSSR count). The third-order valence-corrected chi connectivity index (χ3v) is 4.41. The number of piperidine rings is 1. The Labute approximate surface area is 140 Å². The van der Waals surface area contributed by atoms with Gasteiger partial charge in [0.1, 0.15) is 0 Å². The molecule has 1 fully saturated rings. The van der Waals surface area contributed by atoms with Gasteiger partial charge in [0.2, 0.25) is 0 Å². The highest BCUT2D eigenvalue weighted by atomic mass is 35.5. The zero-order valence-corrected chi connectivity index (χ0v) is 14.4. The van der Waals surface area contributed by atoms with Gasteiger partial charge in [-0.15, -0.1) is 12.4 Å². The summed E-state index contributed by atoms with van der Waals surface area (Å²) in [5.74, 6) is 0.858. The van der Waals surface area contributed by atoms with E-state index in [4.69, 9.17) is 4.74 Å². The number of para-hydroxylation sites is 1. The molecule has 0 unspecified atom stereocenters. The van der Waals surface area contributed by atoms with Crippen molar-refractivity contribution in [2.45, 2.75) is 45.4 Å². The molecule has 0 radical (unpaired) electrons. The lowest BCUT2D eigenvalue weighted by atomic mass is 9.94. The van der Waals surface area contributed by atoms with Crippen molar-refractivity contribution < 1.29 is 9.13 Å². The predicted octanol–water partition coefficient (Wildman–Crippen LogP) is 4.92. The molecule has 0 aromatic heterocycles. The summed E-state index contributed by atoms with van der Waals surface area (Å²) < 4.78 is 19.0. The van der Waals surface area contributed by atoms with Gasteiger partial charge in [-0.2, -0.15) is 0 Å². The monoisotopic (exact) mass is 329 g/mol. The van der Waals surface area contributed by atoms with Crippen LogP contribution in [0.15, 0.2) is 24.3 Å². The van der Waals surface area contributed by atoms with E-state index in [9.17, 15) is 4.39 Å². The fourth-order valence-corrected chi connectivity index (χ4v) is 2.98. The van der Waals surface area contributed by atoms with Crippen molar-refractivity contribution in [3.63, 3.8) is 0 Å². The number of hydrogen-bond donors (Lipinski definition) is 0. The minimum Gasteiger partial charge on any atom is -0.491 e. The molecule has 0 atom stereocenters. The molecule has 22 heavy (non-hydrogen) atoms. The first-order valence-electron chi connectivity index (χ1n) is 8.39. The second kappa shape index (κ2) is 10.8. The second-order valence-corrected chi connectivity index (χ2v) is 6.06. The SMILES string of the molecule is CCCCCN1CCC(CCOc2ccccc2F)CC1.Cl. The summed E-state index contributed by atoms with van der Waals surface area (Å²) in [5.41, 5.74) is 0. The van der Waals surface area contributed by atoms with Gasteiger partial charge in [-0.3, -0.25) is 0 Å². The molecule has 1 aliphatic heterocycles. The van der Waals surface area contributed by atoms with E-state index in [2.05, 4.69) is 11.8 Å². The zero-order valence-electron chi connectivity index (χ0n) is 13.6. The third-order valence-electron chi connectivity index (χ3n) is 4.41. The Kier molecular flexibility index (Phi) is 9.49. The molecule has 4 heteroatoms. The molecule has 0 amide bonds. The molecule has 1 saturated heterocycles. The molecular weight excluding hydrogens is 301 g/mol. The van der Waals surface area contributed by atoms with E-state index in [1.807, 2.05) is 6.07 Å². The Hall–Kier alpha value is -0.800. The van der Waals surface area contributed by atoms with Crippen molar-refractivity contribution in [2.75, 3.05) is 26.2 Å². The molecule has 1 aromatic rings. The van der Waals surface area contributed by atoms with E-state index in [0.717, 1.165) is 12.3 Å². The standard InChI is InChI=1S/C18H28FNO.ClH/c1-2-3-6-12-20-13-9-16(10-14-20)11-15-21-18-8-5-4-7-17(18)19;/h4-5,7-8,16H,2-3,6,9-15H2,1H3;1H. The maximum absolute atomic E-state index is 13.4. The van der Waals surface area contributed by atoms with Crippen molar-refractivity contribution in [3.8, 4) is 5.75 Å². The topological polar surface area (TPSA) is 12.5 Å². The number of likely N-dealkylation sites (tertiary alicyclic amines) is 1. The van der Waals surface area contributed by atoms with Crippen LogP contribution in [0.5, 0.6) is 5.75 Å². The van der Waals surface area contributed by atoms with Gasteiger partial charge in [-0.05, 0) is 63.4 Å². The molecule has 2 nitrogen and oxygen atoms in total. The van der Waals surface area contributed by atoms with Crippen LogP contribution >= 0.6 is 12.4 Å². The first kappa shape index (κ1) is 19.2. The minimum absolute atomic E-state index is 0. The maximum Gasteiger partial charge on any atom is 0.165 e. The second-order valence-electron chi connectivity index (χ2n) is 6.06. The average molecular weight is 330 g/mol. The van der Waals surface area contributed by atoms with Crippen LogP contribution in [-0.4, -0.2) is 31.1 Å². The maximum atomic E-state index is 13.4. The number of benzene rings is 1. The number of rotatable bonds is 8. The van der Waals surface area contributed by atoms with Crippen molar-refractivity contribution >= 4 is 12.4 Å². The van der Waals surface area contributed by atoms with Crippen molar-refractivity contribution in [3.05, 3.63) is 30.1 Å². The molecule has 1 aromatic carbocycles. The van der Waals surface area contributed by atoms with Gasteiger partial charge in [-0.25, -0.2) is 4.39 Å². The van der Waals surface area contributed by atoms with Gasteiger partial charge < -0.3 is 9.64 Å². The van der Waals surface area contributed by atoms with Gasteiger partial charge in [0, 0.05) is 0 Å². The summed E-state index contributed by atoms with van der Waals surface area (Å²) in [4.78, 5) is 2.59. The Morgan fingerprint density at radius 3 is 2.59 bits per heavy atom. The van der Waals surface area contributed by atoms with Crippen LogP contribution in [0.1, 0.15) is 45.4 Å². The Morgan fingerprint density at radius 2 is 1.91 bits per heavy atom. The van der Waals surface area contributed by atoms with Gasteiger partial charge in [-0.1, -0.05) is 31.9 Å². The van der Waals surface area contributed by atoms with E-state index in [0.29, 0.717) is 12.4 Å². The fourth-order valence-electron chi connectivity index (χ4n) is 2.98. The first-order valence-corrected chi connectivity index (χ1v) is 8.39. The predicted molar refractivity (Wildman–Crippen MR) is 92.4 cm³/mol. The fraction of sp³-hybridized carbons (Fsp3) is 0.667. The highest BCUT2D eigenvalue weighted by Gasteiger charge is 2.18. The van der Waals surface area contributed by atoms with Crippen molar-refractivity contribution in [1.82, 2.24) is 4.90 Å². The van der Waals surface area contributed by atoms with E-state index in [-0.39, 0.29) is 18.2 Å². The van der Waals surface area contributed by atoms with Gasteiger partial charge in [0.15, 0.2) is 11.6 Å². The van der Waals surface area contributed by atoms with Gasteiger partial charge in [0.25, 0.3) is 0 Å². The largest absolute Gasteiger partial charge is 0.491 e. The molecule has 0 aliphatic carbocycles. The van der Waals surface area contributed by atoms with Crippen LogP contribution < -0.4 is 4.74 Å². The smallest absolute Gasteiger partial charge is 0.165 e. The van der Waals surface area contributed by atoms with Crippen LogP contribution in [0.2, 0.25) is 0 Å². The Bertz CT molecular complexity index is 408. The highest BCUT2D eigenvalue weighted by Crippen LogP contribution is 2.22. The summed E-state index contributed by atoms with van der Waals surface area (Å²) >= 11 is 0. The third kappa shape index (κ3) is 6.53. The molecular formula is C18H29ClFNO. The number of halogens is 2. The van der Waals surface area contributed by atoms with E-state index in [1.54, 1.807) is 12.1 Å². The Morgan fingerprint density at radius 1 is 1.18 bits per heavy atom. The number of unbranched alkanes of at least 4 members (excludes halogenated alkanes) is 2. The molecule has 0 saturated carbocycles. The highest BCUT2D eigenvalue weighted by molar-refractivity contribution is 5.85. The summed E-state index contributed by atoms with van der Waals surface area (Å²) in [6, 6.07) is 6.65. The molecule has 0 N–H and O–H groups in total. The summed E-state index contributed by atoms with van der Waals surface area (Å²) in [5, 5.41) is 0. The number of hydrogen-bond acceptors (Lipinski definition) is 2. The van der Waals surface area contributed by atoms with E-state index >= 15 is 0 Å². The molecule has 0 bridgehead atoms. The molecule has 1 aliphatic rings. The first-order chi connectivity index (χ1) is 10.3. The summed E-state index contributed by atoms with van der Waals surface area (Å²) in [7, 11) is 0. The van der Waals surface area contributed by atoms with E-state index < -0.39 is 0 Å². The van der Waals surface area contributed by atoms with Crippen LogP contribution in [0, 0.1) is 11.7 Å². The average Bonchev–Trinajstić information content (AvgIpc) is 2.51. The van der Waals surface area contributed by atoms with Crippen LogP contribution in [0.3, 0.4) is 0 Å². The summed E-state index contributed by atoms with van der Waals surface area (Å²) in [6.45, 7) is 6.57. The zero-order chi connectivity index (χ0) is 14.9. The van der Waals surface area contributed by atoms with Gasteiger partial charge >= 0.3 is 0 Å². The van der Waals surface area contributed by atoms with E-state index in [1.165, 1.54) is 57.8 Å². The van der Waals surface area contributed by atoms with Crippen molar-refractivity contribution in [2.24, 2.45) is 5.92 Å². The molecule has 1 heterocycles. The Balaban J connectivity index is 0.00000242. The summed E-state index contributed by atoms with van der Waals surface area (Å²) in [6.07, 6.45) is 7.52. The normalized spacial score (nSPS) is 16.3. The molecule has 126 valence electrons.